The van der Waals surface area contributed by atoms with Gasteiger partial charge >= 0.3 is 5.97 Å². The third-order valence-corrected chi connectivity index (χ3v) is 5.82. The summed E-state index contributed by atoms with van der Waals surface area (Å²) >= 11 is 0. The van der Waals surface area contributed by atoms with Crippen molar-refractivity contribution in [3.8, 4) is 40.1 Å². The summed E-state index contributed by atoms with van der Waals surface area (Å²) in [6, 6.07) is 22.3. The molecule has 5 aromatic rings. The van der Waals surface area contributed by atoms with E-state index in [1.807, 2.05) is 30.3 Å². The van der Waals surface area contributed by atoms with Crippen LogP contribution in [0.4, 0.5) is 8.78 Å². The fourth-order valence-corrected chi connectivity index (χ4v) is 3.98. The number of hydrogen-bond donors (Lipinski definition) is 3. The minimum Gasteiger partial charge on any atom is -0.506 e. The number of pyridine rings is 1. The Morgan fingerprint density at radius 1 is 0.816 bits per heavy atom. The predicted octanol–water partition coefficient (Wildman–Crippen LogP) is 6.63. The Bertz CT molecular complexity index is 1690. The fourth-order valence-electron chi connectivity index (χ4n) is 3.98. The molecule has 4 N–H and O–H groups in total. The van der Waals surface area contributed by atoms with Gasteiger partial charge in [-0.2, -0.15) is 4.98 Å². The van der Waals surface area contributed by atoms with Gasteiger partial charge in [0.05, 0.1) is 0 Å². The van der Waals surface area contributed by atoms with Crippen LogP contribution >= 0.6 is 0 Å². The maximum Gasteiger partial charge on any atom is 0.339 e. The van der Waals surface area contributed by atoms with Gasteiger partial charge in [-0.25, -0.2) is 13.6 Å². The topological polar surface area (TPSA) is 115 Å². The Labute approximate surface area is 215 Å². The summed E-state index contributed by atoms with van der Waals surface area (Å²) in [5, 5.41) is 20.3. The Morgan fingerprint density at radius 3 is 2.18 bits per heavy atom. The molecule has 7 nitrogen and oxygen atoms in total. The van der Waals surface area contributed by atoms with Gasteiger partial charge in [0.2, 0.25) is 0 Å². The first-order chi connectivity index (χ1) is 18.3. The number of ether oxygens (including phenoxy) is 2. The molecule has 0 radical (unpaired) electrons. The van der Waals surface area contributed by atoms with Crippen LogP contribution in [0.3, 0.4) is 0 Å². The standard InChI is InChI=1S/C29H20F2N2O5/c30-23-14-24(31)28(38-25-13-22(29(35)36)26(34)21-10-2-1-9-20(21)25)33-27(23)37-19-8-4-7-18(12-19)17-6-3-5-16(11-17)15-32/h1-14,34H,15,32H2,(H,35,36). The summed E-state index contributed by atoms with van der Waals surface area (Å²) in [4.78, 5) is 15.5. The minimum absolute atomic E-state index is 0.0958. The lowest BCUT2D eigenvalue weighted by Crippen LogP contribution is -2.01. The van der Waals surface area contributed by atoms with Gasteiger partial charge in [0.15, 0.2) is 11.6 Å². The first kappa shape index (κ1) is 24.7. The molecule has 190 valence electrons. The number of halogens is 2. The number of carboxylic acid groups (broad SMARTS) is 1. The molecule has 1 heterocycles. The average molecular weight is 514 g/mol. The van der Waals surface area contributed by atoms with Gasteiger partial charge in [0, 0.05) is 23.4 Å². The molecule has 0 aliphatic carbocycles. The second-order valence-corrected chi connectivity index (χ2v) is 8.32. The van der Waals surface area contributed by atoms with Gasteiger partial charge in [-0.05, 0) is 41.0 Å². The van der Waals surface area contributed by atoms with Crippen LogP contribution in [0.5, 0.6) is 29.0 Å². The van der Waals surface area contributed by atoms with E-state index in [1.165, 1.54) is 6.07 Å². The first-order valence-electron chi connectivity index (χ1n) is 11.4. The Balaban J connectivity index is 1.50. The summed E-state index contributed by atoms with van der Waals surface area (Å²) in [5.74, 6) is -5.10. The van der Waals surface area contributed by atoms with E-state index < -0.39 is 40.7 Å². The van der Waals surface area contributed by atoms with Crippen molar-refractivity contribution >= 4 is 16.7 Å². The number of hydrogen-bond acceptors (Lipinski definition) is 6. The summed E-state index contributed by atoms with van der Waals surface area (Å²) in [6.07, 6.45) is 0. The SMILES string of the molecule is NCc1cccc(-c2cccc(Oc3nc(Oc4cc(C(=O)O)c(O)c5ccccc45)c(F)cc3F)c2)c1. The van der Waals surface area contributed by atoms with E-state index in [9.17, 15) is 23.8 Å². The van der Waals surface area contributed by atoms with E-state index in [4.69, 9.17) is 15.2 Å². The Morgan fingerprint density at radius 2 is 1.47 bits per heavy atom. The van der Waals surface area contributed by atoms with E-state index in [0.29, 0.717) is 18.0 Å². The van der Waals surface area contributed by atoms with Crippen molar-refractivity contribution in [2.45, 2.75) is 6.54 Å². The zero-order valence-electron chi connectivity index (χ0n) is 19.7. The van der Waals surface area contributed by atoms with Gasteiger partial charge in [-0.3, -0.25) is 0 Å². The van der Waals surface area contributed by atoms with Crippen LogP contribution in [0.2, 0.25) is 0 Å². The molecule has 0 atom stereocenters. The smallest absolute Gasteiger partial charge is 0.339 e. The van der Waals surface area contributed by atoms with E-state index in [1.54, 1.807) is 36.4 Å². The van der Waals surface area contributed by atoms with Gasteiger partial charge in [0.1, 0.15) is 22.8 Å². The van der Waals surface area contributed by atoms with Gasteiger partial charge < -0.3 is 25.4 Å². The molecule has 5 rings (SSSR count). The predicted molar refractivity (Wildman–Crippen MR) is 137 cm³/mol. The van der Waals surface area contributed by atoms with Gasteiger partial charge in [-0.15, -0.1) is 0 Å². The number of nitrogens with zero attached hydrogens (tertiary/aromatic N) is 1. The molecule has 0 saturated heterocycles. The van der Waals surface area contributed by atoms with Crippen LogP contribution in [-0.2, 0) is 6.54 Å². The average Bonchev–Trinajstić information content (AvgIpc) is 2.93. The fraction of sp³-hybridized carbons (Fsp3) is 0.0345. The highest BCUT2D eigenvalue weighted by molar-refractivity contribution is 6.03. The van der Waals surface area contributed by atoms with Crippen LogP contribution in [0.25, 0.3) is 21.9 Å². The Kier molecular flexibility index (Phi) is 6.59. The van der Waals surface area contributed by atoms with Crippen molar-refractivity contribution in [1.82, 2.24) is 4.98 Å². The van der Waals surface area contributed by atoms with Gasteiger partial charge in [0.25, 0.3) is 11.8 Å². The van der Waals surface area contributed by atoms with Crippen molar-refractivity contribution in [1.29, 1.82) is 0 Å². The van der Waals surface area contributed by atoms with Crippen LogP contribution in [0.15, 0.2) is 84.9 Å². The second kappa shape index (κ2) is 10.2. The van der Waals surface area contributed by atoms with Crippen molar-refractivity contribution in [3.05, 3.63) is 108 Å². The normalized spacial score (nSPS) is 10.9. The minimum atomic E-state index is -1.41. The molecule has 0 bridgehead atoms. The number of carboxylic acids is 1. The monoisotopic (exact) mass is 514 g/mol. The van der Waals surface area contributed by atoms with Crippen molar-refractivity contribution in [3.63, 3.8) is 0 Å². The summed E-state index contributed by atoms with van der Waals surface area (Å²) < 4.78 is 40.6. The van der Waals surface area contributed by atoms with E-state index >= 15 is 0 Å². The highest BCUT2D eigenvalue weighted by Crippen LogP contribution is 2.39. The molecule has 4 aromatic carbocycles. The zero-order valence-corrected chi connectivity index (χ0v) is 19.7. The molecular formula is C29H20F2N2O5. The highest BCUT2D eigenvalue weighted by Gasteiger charge is 2.21. The van der Waals surface area contributed by atoms with Crippen molar-refractivity contribution in [2.75, 3.05) is 0 Å². The first-order valence-corrected chi connectivity index (χ1v) is 11.4. The molecule has 0 amide bonds. The van der Waals surface area contributed by atoms with Crippen LogP contribution in [0, 0.1) is 11.6 Å². The molecule has 0 unspecified atom stereocenters. The van der Waals surface area contributed by atoms with Crippen molar-refractivity contribution < 1.29 is 33.3 Å². The molecule has 0 saturated carbocycles. The molecule has 0 fully saturated rings. The summed E-state index contributed by atoms with van der Waals surface area (Å²) in [6.45, 7) is 0.377. The number of carbonyl (C=O) groups is 1. The quantitative estimate of drug-likeness (QED) is 0.223. The number of benzene rings is 4. The molecular weight excluding hydrogens is 494 g/mol. The van der Waals surface area contributed by atoms with Crippen LogP contribution in [-0.4, -0.2) is 21.2 Å². The second-order valence-electron chi connectivity index (χ2n) is 8.32. The lowest BCUT2D eigenvalue weighted by molar-refractivity contribution is 0.0693. The lowest BCUT2D eigenvalue weighted by atomic mass is 10.0. The van der Waals surface area contributed by atoms with E-state index in [-0.39, 0.29) is 16.9 Å². The third kappa shape index (κ3) is 4.82. The third-order valence-electron chi connectivity index (χ3n) is 5.82. The number of fused-ring (bicyclic) bond motifs is 1. The lowest BCUT2D eigenvalue weighted by Gasteiger charge is -2.14. The molecule has 1 aromatic heterocycles. The molecule has 0 spiro atoms. The Hall–Kier alpha value is -5.02. The number of aromatic hydroxyl groups is 1. The maximum atomic E-state index is 14.7. The maximum absolute atomic E-state index is 14.7. The molecule has 38 heavy (non-hydrogen) atoms. The highest BCUT2D eigenvalue weighted by atomic mass is 19.1. The van der Waals surface area contributed by atoms with Gasteiger partial charge in [-0.1, -0.05) is 54.6 Å². The van der Waals surface area contributed by atoms with Crippen LogP contribution < -0.4 is 15.2 Å². The largest absolute Gasteiger partial charge is 0.506 e. The number of phenols is 1. The van der Waals surface area contributed by atoms with E-state index in [0.717, 1.165) is 22.8 Å². The summed E-state index contributed by atoms with van der Waals surface area (Å²) in [5.41, 5.74) is 7.88. The van der Waals surface area contributed by atoms with Crippen LogP contribution in [0.1, 0.15) is 15.9 Å². The number of rotatable bonds is 7. The van der Waals surface area contributed by atoms with E-state index in [2.05, 4.69) is 4.98 Å². The molecule has 9 heteroatoms. The van der Waals surface area contributed by atoms with Crippen molar-refractivity contribution in [2.24, 2.45) is 5.73 Å². The number of aromatic nitrogens is 1. The number of nitrogens with two attached hydrogens (primary N) is 1. The molecule has 0 aliphatic heterocycles. The summed E-state index contributed by atoms with van der Waals surface area (Å²) in [7, 11) is 0. The zero-order chi connectivity index (χ0) is 26.8. The number of aromatic carboxylic acids is 1. The molecule has 0 aliphatic rings.